The molecule has 30 heavy (non-hydrogen) atoms. The van der Waals surface area contributed by atoms with E-state index in [0.29, 0.717) is 56.9 Å². The number of ether oxygens (including phenoxy) is 4. The first kappa shape index (κ1) is 20.5. The largest absolute Gasteiger partial charge is 0.493 e. The SMILES string of the molecule is COc1ccc(-c2nc(C)c(C(=O)Nc3cc4c(cc3Br)OCCO4)s2)cc1OC. The van der Waals surface area contributed by atoms with E-state index in [4.69, 9.17) is 18.9 Å². The molecule has 7 nitrogen and oxygen atoms in total. The number of amides is 1. The van der Waals surface area contributed by atoms with Crippen LogP contribution in [0.3, 0.4) is 0 Å². The number of hydrogen-bond acceptors (Lipinski definition) is 7. The van der Waals surface area contributed by atoms with Crippen LogP contribution in [0.1, 0.15) is 15.4 Å². The summed E-state index contributed by atoms with van der Waals surface area (Å²) in [6, 6.07) is 9.09. The van der Waals surface area contributed by atoms with E-state index >= 15 is 0 Å². The summed E-state index contributed by atoms with van der Waals surface area (Å²) in [6.07, 6.45) is 0. The highest BCUT2D eigenvalue weighted by molar-refractivity contribution is 9.10. The number of nitrogens with one attached hydrogen (secondary N) is 1. The molecule has 0 saturated heterocycles. The predicted molar refractivity (Wildman–Crippen MR) is 118 cm³/mol. The molecule has 0 saturated carbocycles. The predicted octanol–water partition coefficient (Wildman–Crippen LogP) is 4.92. The molecule has 156 valence electrons. The molecular weight excluding hydrogens is 472 g/mol. The Morgan fingerprint density at radius 3 is 2.50 bits per heavy atom. The molecule has 0 atom stereocenters. The van der Waals surface area contributed by atoms with Crippen molar-refractivity contribution < 1.29 is 23.7 Å². The number of rotatable bonds is 5. The Balaban J connectivity index is 1.60. The van der Waals surface area contributed by atoms with Crippen LogP contribution in [0.2, 0.25) is 0 Å². The summed E-state index contributed by atoms with van der Waals surface area (Å²) in [5.74, 6) is 2.25. The lowest BCUT2D eigenvalue weighted by Crippen LogP contribution is -2.17. The van der Waals surface area contributed by atoms with Crippen LogP contribution in [-0.4, -0.2) is 38.3 Å². The molecule has 0 radical (unpaired) electrons. The average Bonchev–Trinajstić information content (AvgIpc) is 3.15. The van der Waals surface area contributed by atoms with E-state index in [-0.39, 0.29) is 5.91 Å². The van der Waals surface area contributed by atoms with Gasteiger partial charge >= 0.3 is 0 Å². The van der Waals surface area contributed by atoms with E-state index in [0.717, 1.165) is 10.6 Å². The Kier molecular flexibility index (Phi) is 5.83. The van der Waals surface area contributed by atoms with Gasteiger partial charge in [-0.1, -0.05) is 0 Å². The molecule has 2 heterocycles. The molecule has 1 aromatic heterocycles. The van der Waals surface area contributed by atoms with E-state index in [1.54, 1.807) is 26.4 Å². The first-order valence-electron chi connectivity index (χ1n) is 9.10. The fraction of sp³-hybridized carbons (Fsp3) is 0.238. The van der Waals surface area contributed by atoms with E-state index in [9.17, 15) is 4.79 Å². The van der Waals surface area contributed by atoms with Gasteiger partial charge in [0.25, 0.3) is 5.91 Å². The normalized spacial score (nSPS) is 12.4. The molecule has 0 bridgehead atoms. The fourth-order valence-electron chi connectivity index (χ4n) is 3.04. The molecule has 2 aromatic carbocycles. The summed E-state index contributed by atoms with van der Waals surface area (Å²) in [6.45, 7) is 2.79. The van der Waals surface area contributed by atoms with Crippen LogP contribution in [-0.2, 0) is 0 Å². The second kappa shape index (κ2) is 8.53. The first-order chi connectivity index (χ1) is 14.5. The second-order valence-corrected chi connectivity index (χ2v) is 8.29. The van der Waals surface area contributed by atoms with Crippen molar-refractivity contribution in [2.75, 3.05) is 32.8 Å². The zero-order valence-corrected chi connectivity index (χ0v) is 19.0. The first-order valence-corrected chi connectivity index (χ1v) is 10.7. The number of fused-ring (bicyclic) bond motifs is 1. The standard InChI is InChI=1S/C21H19BrN2O5S/c1-11-19(30-21(23-11)12-4-5-15(26-2)16(8-12)27-3)20(25)24-14-10-18-17(9-13(14)22)28-6-7-29-18/h4-5,8-10H,6-7H2,1-3H3,(H,24,25). The number of carbonyl (C=O) groups is 1. The number of nitrogens with zero attached hydrogens (tertiary/aromatic N) is 1. The van der Waals surface area contributed by atoms with Crippen LogP contribution < -0.4 is 24.3 Å². The number of carbonyl (C=O) groups excluding carboxylic acids is 1. The Morgan fingerprint density at radius 2 is 1.80 bits per heavy atom. The third-order valence-corrected chi connectivity index (χ3v) is 6.37. The van der Waals surface area contributed by atoms with Crippen molar-refractivity contribution in [2.24, 2.45) is 0 Å². The molecule has 3 aromatic rings. The van der Waals surface area contributed by atoms with Crippen LogP contribution >= 0.6 is 27.3 Å². The number of aryl methyl sites for hydroxylation is 1. The van der Waals surface area contributed by atoms with Gasteiger partial charge in [-0.25, -0.2) is 4.98 Å². The summed E-state index contributed by atoms with van der Waals surface area (Å²) in [5, 5.41) is 3.65. The minimum Gasteiger partial charge on any atom is -0.493 e. The van der Waals surface area contributed by atoms with E-state index in [1.165, 1.54) is 11.3 Å². The van der Waals surface area contributed by atoms with Crippen molar-refractivity contribution in [3.63, 3.8) is 0 Å². The zero-order valence-electron chi connectivity index (χ0n) is 16.6. The Morgan fingerprint density at radius 1 is 1.10 bits per heavy atom. The monoisotopic (exact) mass is 490 g/mol. The maximum atomic E-state index is 12.9. The molecule has 0 unspecified atom stereocenters. The summed E-state index contributed by atoms with van der Waals surface area (Å²) in [5.41, 5.74) is 2.10. The van der Waals surface area contributed by atoms with E-state index in [1.807, 2.05) is 25.1 Å². The highest BCUT2D eigenvalue weighted by atomic mass is 79.9. The van der Waals surface area contributed by atoms with Gasteiger partial charge in [0.1, 0.15) is 23.1 Å². The summed E-state index contributed by atoms with van der Waals surface area (Å²) < 4.78 is 22.5. The van der Waals surface area contributed by atoms with Gasteiger partial charge in [-0.05, 0) is 41.1 Å². The smallest absolute Gasteiger partial charge is 0.267 e. The topological polar surface area (TPSA) is 78.9 Å². The molecule has 4 rings (SSSR count). The third kappa shape index (κ3) is 3.95. The van der Waals surface area contributed by atoms with Gasteiger partial charge in [0.2, 0.25) is 0 Å². The van der Waals surface area contributed by atoms with Gasteiger partial charge in [-0.3, -0.25) is 4.79 Å². The molecule has 0 aliphatic carbocycles. The lowest BCUT2D eigenvalue weighted by Gasteiger charge is -2.20. The van der Waals surface area contributed by atoms with Crippen LogP contribution in [0.5, 0.6) is 23.0 Å². The summed E-state index contributed by atoms with van der Waals surface area (Å²) in [7, 11) is 3.17. The second-order valence-electron chi connectivity index (χ2n) is 6.43. The van der Waals surface area contributed by atoms with E-state index in [2.05, 4.69) is 26.2 Å². The maximum Gasteiger partial charge on any atom is 0.267 e. The number of halogens is 1. The highest BCUT2D eigenvalue weighted by Crippen LogP contribution is 2.39. The van der Waals surface area contributed by atoms with E-state index < -0.39 is 0 Å². The fourth-order valence-corrected chi connectivity index (χ4v) is 4.42. The molecule has 1 amide bonds. The van der Waals surface area contributed by atoms with Crippen molar-refractivity contribution in [3.05, 3.63) is 45.4 Å². The van der Waals surface area contributed by atoms with Gasteiger partial charge < -0.3 is 24.3 Å². The van der Waals surface area contributed by atoms with Crippen molar-refractivity contribution in [3.8, 4) is 33.6 Å². The van der Waals surface area contributed by atoms with Crippen molar-refractivity contribution in [1.82, 2.24) is 4.98 Å². The number of benzene rings is 2. The number of thiazole rings is 1. The third-order valence-electron chi connectivity index (χ3n) is 4.51. The molecule has 1 N–H and O–H groups in total. The number of aromatic nitrogens is 1. The van der Waals surface area contributed by atoms with Crippen LogP contribution in [0, 0.1) is 6.92 Å². The van der Waals surface area contributed by atoms with Gasteiger partial charge in [0.15, 0.2) is 23.0 Å². The van der Waals surface area contributed by atoms with Crippen LogP contribution in [0.4, 0.5) is 5.69 Å². The molecule has 9 heteroatoms. The molecular formula is C21H19BrN2O5S. The number of anilines is 1. The van der Waals surface area contributed by atoms with Crippen molar-refractivity contribution in [2.45, 2.75) is 6.92 Å². The Bertz CT molecular complexity index is 1120. The molecule has 0 spiro atoms. The van der Waals surface area contributed by atoms with Gasteiger partial charge in [0, 0.05) is 22.2 Å². The molecule has 0 fully saturated rings. The van der Waals surface area contributed by atoms with Crippen LogP contribution in [0.25, 0.3) is 10.6 Å². The zero-order chi connectivity index (χ0) is 21.3. The minimum absolute atomic E-state index is 0.242. The molecule has 1 aliphatic heterocycles. The number of hydrogen-bond donors (Lipinski definition) is 1. The van der Waals surface area contributed by atoms with Gasteiger partial charge in [0.05, 0.1) is 25.6 Å². The lowest BCUT2D eigenvalue weighted by atomic mass is 10.2. The van der Waals surface area contributed by atoms with Crippen molar-refractivity contribution in [1.29, 1.82) is 0 Å². The van der Waals surface area contributed by atoms with Gasteiger partial charge in [-0.15, -0.1) is 11.3 Å². The summed E-state index contributed by atoms with van der Waals surface area (Å²) >= 11 is 4.79. The Labute approximate surface area is 186 Å². The van der Waals surface area contributed by atoms with Crippen molar-refractivity contribution >= 4 is 38.9 Å². The highest BCUT2D eigenvalue weighted by Gasteiger charge is 2.20. The van der Waals surface area contributed by atoms with Crippen LogP contribution in [0.15, 0.2) is 34.8 Å². The minimum atomic E-state index is -0.242. The quantitative estimate of drug-likeness (QED) is 0.546. The maximum absolute atomic E-state index is 12.9. The Hall–Kier alpha value is -2.78. The van der Waals surface area contributed by atoms with Gasteiger partial charge in [-0.2, -0.15) is 0 Å². The summed E-state index contributed by atoms with van der Waals surface area (Å²) in [4.78, 5) is 18.0. The lowest BCUT2D eigenvalue weighted by molar-refractivity contribution is 0.102. The average molecular weight is 491 g/mol. The molecule has 1 aliphatic rings. The number of methoxy groups -OCH3 is 2.